The molecule has 0 atom stereocenters. The predicted molar refractivity (Wildman–Crippen MR) is 127 cm³/mol. The lowest BCUT2D eigenvalue weighted by molar-refractivity contribution is 1.18. The van der Waals surface area contributed by atoms with Gasteiger partial charge in [-0.3, -0.25) is 9.98 Å². The summed E-state index contributed by atoms with van der Waals surface area (Å²) in [6.45, 7) is 4.07. The van der Waals surface area contributed by atoms with Gasteiger partial charge in [-0.25, -0.2) is 4.98 Å². The number of hydrogen-bond donors (Lipinski definition) is 2. The summed E-state index contributed by atoms with van der Waals surface area (Å²) in [6, 6.07) is 15.7. The number of aliphatic imine (C=N–C) groups is 1. The molecule has 0 fully saturated rings. The summed E-state index contributed by atoms with van der Waals surface area (Å²) in [5.74, 6) is 1.47. The van der Waals surface area contributed by atoms with Gasteiger partial charge >= 0.3 is 0 Å². The van der Waals surface area contributed by atoms with Crippen LogP contribution in [0.25, 0.3) is 21.7 Å². The zero-order valence-corrected chi connectivity index (χ0v) is 17.8. The molecule has 0 aliphatic carbocycles. The maximum absolute atomic E-state index is 6.38. The lowest BCUT2D eigenvalue weighted by Crippen LogP contribution is -2.19. The third-order valence-electron chi connectivity index (χ3n) is 4.73. The number of hydrogen-bond acceptors (Lipinski definition) is 4. The Labute approximate surface area is 180 Å². The Morgan fingerprint density at radius 1 is 1.00 bits per heavy atom. The zero-order valence-electron chi connectivity index (χ0n) is 17.1. The van der Waals surface area contributed by atoms with Crippen LogP contribution in [0.5, 0.6) is 0 Å². The highest BCUT2D eigenvalue weighted by Gasteiger charge is 2.14. The lowest BCUT2D eigenvalue weighted by atomic mass is 10.0. The summed E-state index contributed by atoms with van der Waals surface area (Å²) in [4.78, 5) is 13.8. The van der Waals surface area contributed by atoms with Gasteiger partial charge in [0.15, 0.2) is 0 Å². The van der Waals surface area contributed by atoms with Gasteiger partial charge in [0.1, 0.15) is 11.7 Å². The first kappa shape index (κ1) is 19.9. The Morgan fingerprint density at radius 3 is 2.60 bits per heavy atom. The third-order valence-corrected chi connectivity index (χ3v) is 5.06. The van der Waals surface area contributed by atoms with Crippen LogP contribution in [0.2, 0.25) is 5.02 Å². The van der Waals surface area contributed by atoms with E-state index in [9.17, 15) is 0 Å². The minimum Gasteiger partial charge on any atom is -0.346 e. The molecule has 4 aromatic rings. The predicted octanol–water partition coefficient (Wildman–Crippen LogP) is 6.07. The van der Waals surface area contributed by atoms with Crippen LogP contribution in [0.15, 0.2) is 77.7 Å². The summed E-state index contributed by atoms with van der Waals surface area (Å²) in [7, 11) is 1.77. The number of benzene rings is 2. The summed E-state index contributed by atoms with van der Waals surface area (Å²) in [6.07, 6.45) is 5.58. The molecular formula is C24H22ClN5. The first-order valence-electron chi connectivity index (χ1n) is 9.63. The highest BCUT2D eigenvalue weighted by Crippen LogP contribution is 2.33. The van der Waals surface area contributed by atoms with E-state index in [4.69, 9.17) is 16.6 Å². The number of pyridine rings is 2. The molecule has 2 aromatic carbocycles. The van der Waals surface area contributed by atoms with E-state index in [1.54, 1.807) is 13.2 Å². The average Bonchev–Trinajstić information content (AvgIpc) is 2.76. The van der Waals surface area contributed by atoms with Gasteiger partial charge in [0.2, 0.25) is 0 Å². The van der Waals surface area contributed by atoms with E-state index in [-0.39, 0.29) is 0 Å². The SMILES string of the molecule is CN=C(NC=C(C)C)c1cccc2c1nc(Nc1ccccc1Cl)c1ccncc12. The van der Waals surface area contributed by atoms with Gasteiger partial charge in [0.05, 0.1) is 16.2 Å². The first-order valence-corrected chi connectivity index (χ1v) is 10.0. The van der Waals surface area contributed by atoms with Crippen LogP contribution in [0.1, 0.15) is 19.4 Å². The topological polar surface area (TPSA) is 62.2 Å². The van der Waals surface area contributed by atoms with Crippen molar-refractivity contribution in [2.75, 3.05) is 12.4 Å². The quantitative estimate of drug-likeness (QED) is 0.241. The van der Waals surface area contributed by atoms with Crippen molar-refractivity contribution in [1.29, 1.82) is 0 Å². The van der Waals surface area contributed by atoms with Crippen molar-refractivity contribution in [2.45, 2.75) is 13.8 Å². The van der Waals surface area contributed by atoms with E-state index >= 15 is 0 Å². The lowest BCUT2D eigenvalue weighted by Gasteiger charge is -2.15. The molecule has 150 valence electrons. The Bertz CT molecular complexity index is 1290. The van der Waals surface area contributed by atoms with Crippen molar-refractivity contribution in [3.63, 3.8) is 0 Å². The van der Waals surface area contributed by atoms with Crippen LogP contribution in [-0.2, 0) is 0 Å². The monoisotopic (exact) mass is 415 g/mol. The number of nitrogens with one attached hydrogen (secondary N) is 2. The molecule has 0 bridgehead atoms. The largest absolute Gasteiger partial charge is 0.346 e. The summed E-state index contributed by atoms with van der Waals surface area (Å²) in [5.41, 5.74) is 3.71. The molecule has 0 saturated heterocycles. The Balaban J connectivity index is 1.96. The molecule has 2 heterocycles. The maximum Gasteiger partial charge on any atom is 0.139 e. The van der Waals surface area contributed by atoms with Crippen molar-refractivity contribution in [3.05, 3.63) is 83.3 Å². The number of halogens is 1. The van der Waals surface area contributed by atoms with Crippen molar-refractivity contribution in [1.82, 2.24) is 15.3 Å². The highest BCUT2D eigenvalue weighted by atomic mass is 35.5. The van der Waals surface area contributed by atoms with E-state index in [0.717, 1.165) is 50.2 Å². The smallest absolute Gasteiger partial charge is 0.139 e. The Morgan fingerprint density at radius 2 is 1.83 bits per heavy atom. The van der Waals surface area contributed by atoms with E-state index in [0.29, 0.717) is 5.02 Å². The molecule has 0 saturated carbocycles. The second-order valence-electron chi connectivity index (χ2n) is 7.13. The molecule has 0 aliphatic heterocycles. The molecule has 0 aliphatic rings. The number of rotatable bonds is 4. The van der Waals surface area contributed by atoms with Crippen LogP contribution in [0.3, 0.4) is 0 Å². The van der Waals surface area contributed by atoms with Crippen LogP contribution in [0, 0.1) is 0 Å². The standard InChI is InChI=1S/C24H22ClN5/c1-15(2)13-28-23(26-3)18-8-6-7-16-19-14-27-12-11-17(19)24(30-22(16)18)29-21-10-5-4-9-20(21)25/h4-14H,1-3H3,(H,26,28)(H,29,30). The van der Waals surface area contributed by atoms with Crippen molar-refractivity contribution in [3.8, 4) is 0 Å². The first-order chi connectivity index (χ1) is 14.6. The molecule has 30 heavy (non-hydrogen) atoms. The fourth-order valence-corrected chi connectivity index (χ4v) is 3.50. The molecular weight excluding hydrogens is 394 g/mol. The van der Waals surface area contributed by atoms with Gasteiger partial charge < -0.3 is 10.6 Å². The van der Waals surface area contributed by atoms with Crippen LogP contribution < -0.4 is 10.6 Å². The van der Waals surface area contributed by atoms with E-state index in [2.05, 4.69) is 26.7 Å². The van der Waals surface area contributed by atoms with Crippen LogP contribution in [-0.4, -0.2) is 22.9 Å². The molecule has 0 radical (unpaired) electrons. The van der Waals surface area contributed by atoms with E-state index < -0.39 is 0 Å². The minimum absolute atomic E-state index is 0.635. The number of allylic oxidation sites excluding steroid dienone is 1. The number of amidine groups is 1. The molecule has 6 heteroatoms. The number of aromatic nitrogens is 2. The van der Waals surface area contributed by atoms with Gasteiger partial charge in [-0.1, -0.05) is 41.4 Å². The van der Waals surface area contributed by atoms with Gasteiger partial charge in [-0.15, -0.1) is 0 Å². The summed E-state index contributed by atoms with van der Waals surface area (Å²) >= 11 is 6.38. The van der Waals surface area contributed by atoms with Gasteiger partial charge in [-0.05, 0) is 38.1 Å². The second-order valence-corrected chi connectivity index (χ2v) is 7.53. The molecule has 4 rings (SSSR count). The number of para-hydroxylation sites is 2. The van der Waals surface area contributed by atoms with Gasteiger partial charge in [0, 0.05) is 47.4 Å². The molecule has 0 spiro atoms. The van der Waals surface area contributed by atoms with E-state index in [1.807, 2.05) is 68.7 Å². The molecule has 0 unspecified atom stereocenters. The fraction of sp³-hybridized carbons (Fsp3) is 0.125. The summed E-state index contributed by atoms with van der Waals surface area (Å²) < 4.78 is 0. The van der Waals surface area contributed by atoms with Crippen LogP contribution >= 0.6 is 11.6 Å². The van der Waals surface area contributed by atoms with Crippen molar-refractivity contribution >= 4 is 50.6 Å². The molecule has 0 amide bonds. The summed E-state index contributed by atoms with van der Waals surface area (Å²) in [5, 5.41) is 10.3. The number of nitrogens with zero attached hydrogens (tertiary/aromatic N) is 3. The normalized spacial score (nSPS) is 11.5. The Hall–Kier alpha value is -3.44. The maximum atomic E-state index is 6.38. The third kappa shape index (κ3) is 3.84. The Kier molecular flexibility index (Phi) is 5.63. The number of anilines is 2. The van der Waals surface area contributed by atoms with Gasteiger partial charge in [0.25, 0.3) is 0 Å². The molecule has 2 N–H and O–H groups in total. The molecule has 2 aromatic heterocycles. The van der Waals surface area contributed by atoms with Crippen molar-refractivity contribution in [2.24, 2.45) is 4.99 Å². The zero-order chi connectivity index (χ0) is 21.1. The minimum atomic E-state index is 0.635. The fourth-order valence-electron chi connectivity index (χ4n) is 3.32. The van der Waals surface area contributed by atoms with E-state index in [1.165, 1.54) is 0 Å². The number of fused-ring (bicyclic) bond motifs is 3. The van der Waals surface area contributed by atoms with Crippen LogP contribution in [0.4, 0.5) is 11.5 Å². The van der Waals surface area contributed by atoms with Crippen molar-refractivity contribution < 1.29 is 0 Å². The second kappa shape index (κ2) is 8.51. The average molecular weight is 416 g/mol. The van der Waals surface area contributed by atoms with Gasteiger partial charge in [-0.2, -0.15) is 0 Å². The molecule has 5 nitrogen and oxygen atoms in total. The highest BCUT2D eigenvalue weighted by molar-refractivity contribution is 6.33.